The van der Waals surface area contributed by atoms with Gasteiger partial charge in [-0.05, 0) is 68.1 Å². The highest BCUT2D eigenvalue weighted by Crippen LogP contribution is 2.18. The smallest absolute Gasteiger partial charge is 0.325 e. The van der Waals surface area contributed by atoms with Crippen LogP contribution in [0.15, 0.2) is 95.2 Å². The van der Waals surface area contributed by atoms with Crippen LogP contribution in [0.2, 0.25) is 0 Å². The highest BCUT2D eigenvalue weighted by Gasteiger charge is 2.28. The monoisotopic (exact) mass is 586 g/mol. The molecule has 226 valence electrons. The van der Waals surface area contributed by atoms with Crippen molar-refractivity contribution in [2.24, 2.45) is 16.0 Å². The third kappa shape index (κ3) is 11.5. The Morgan fingerprint density at radius 3 is 1.91 bits per heavy atom. The molecule has 0 aromatic heterocycles. The van der Waals surface area contributed by atoms with Gasteiger partial charge in [-0.25, -0.2) is 0 Å². The fraction of sp³-hybridized carbons (Fsp3) is 0.312. The van der Waals surface area contributed by atoms with E-state index in [9.17, 15) is 24.3 Å². The first-order valence-electron chi connectivity index (χ1n) is 14.2. The quantitative estimate of drug-likeness (QED) is 0.127. The maximum Gasteiger partial charge on any atom is 0.325 e. The van der Waals surface area contributed by atoms with E-state index in [0.717, 1.165) is 16.8 Å². The third-order valence-corrected chi connectivity index (χ3v) is 6.58. The first-order valence-corrected chi connectivity index (χ1v) is 14.2. The molecule has 0 bridgehead atoms. The number of benzene rings is 3. The van der Waals surface area contributed by atoms with Crippen molar-refractivity contribution in [3.63, 3.8) is 0 Å². The number of nitrogens with two attached hydrogens (primary N) is 1. The molecule has 0 radical (unpaired) electrons. The van der Waals surface area contributed by atoms with Crippen molar-refractivity contribution in [3.05, 3.63) is 96.1 Å². The van der Waals surface area contributed by atoms with Gasteiger partial charge in [-0.15, -0.1) is 0 Å². The van der Waals surface area contributed by atoms with Crippen LogP contribution in [0.1, 0.15) is 37.3 Å². The van der Waals surface area contributed by atoms with E-state index in [1.54, 1.807) is 36.4 Å². The lowest BCUT2D eigenvalue weighted by Gasteiger charge is -2.24. The molecule has 3 amide bonds. The van der Waals surface area contributed by atoms with Crippen LogP contribution in [0, 0.1) is 0 Å². The number of hydrogen-bond acceptors (Lipinski definition) is 7. The molecule has 0 saturated carbocycles. The number of nitrogens with zero attached hydrogens (tertiary/aromatic N) is 2. The van der Waals surface area contributed by atoms with Crippen LogP contribution < -0.4 is 21.7 Å². The van der Waals surface area contributed by atoms with Gasteiger partial charge in [0.2, 0.25) is 17.7 Å². The molecule has 0 fully saturated rings. The summed E-state index contributed by atoms with van der Waals surface area (Å²) in [5, 5.41) is 25.6. The topological polar surface area (TPSA) is 175 Å². The minimum atomic E-state index is -1.20. The SMILES string of the molecule is C[C@H](NC(=O)[C@H](Cc1ccccc1)NC(=O)[C@@H](CCCCN)NC(=O)Cc1ccc(N=Nc2ccccc2)cc1)C(=O)O. The summed E-state index contributed by atoms with van der Waals surface area (Å²) in [4.78, 5) is 50.7. The molecule has 0 spiro atoms. The minimum Gasteiger partial charge on any atom is -0.480 e. The van der Waals surface area contributed by atoms with Gasteiger partial charge >= 0.3 is 5.97 Å². The van der Waals surface area contributed by atoms with E-state index in [0.29, 0.717) is 31.5 Å². The van der Waals surface area contributed by atoms with E-state index in [2.05, 4.69) is 26.2 Å². The summed E-state index contributed by atoms with van der Waals surface area (Å²) in [5.74, 6) is -2.74. The molecule has 11 nitrogen and oxygen atoms in total. The van der Waals surface area contributed by atoms with E-state index in [4.69, 9.17) is 5.73 Å². The molecule has 0 aliphatic rings. The summed E-state index contributed by atoms with van der Waals surface area (Å²) in [7, 11) is 0. The number of aliphatic carboxylic acids is 1. The van der Waals surface area contributed by atoms with Crippen molar-refractivity contribution in [3.8, 4) is 0 Å². The highest BCUT2D eigenvalue weighted by molar-refractivity contribution is 5.93. The zero-order valence-corrected chi connectivity index (χ0v) is 24.1. The molecular formula is C32H38N6O5. The zero-order valence-electron chi connectivity index (χ0n) is 24.1. The third-order valence-electron chi connectivity index (χ3n) is 6.58. The Morgan fingerprint density at radius 2 is 1.30 bits per heavy atom. The second-order valence-electron chi connectivity index (χ2n) is 10.1. The molecular weight excluding hydrogens is 548 g/mol. The molecule has 0 heterocycles. The van der Waals surface area contributed by atoms with Gasteiger partial charge in [0.15, 0.2) is 0 Å². The van der Waals surface area contributed by atoms with Crippen molar-refractivity contribution in [2.75, 3.05) is 6.54 Å². The summed E-state index contributed by atoms with van der Waals surface area (Å²) in [6, 6.07) is 22.3. The summed E-state index contributed by atoms with van der Waals surface area (Å²) in [5.41, 5.74) is 8.50. The fourth-order valence-electron chi connectivity index (χ4n) is 4.19. The van der Waals surface area contributed by atoms with Crippen LogP contribution in [0.4, 0.5) is 11.4 Å². The Morgan fingerprint density at radius 1 is 0.721 bits per heavy atom. The fourth-order valence-corrected chi connectivity index (χ4v) is 4.19. The van der Waals surface area contributed by atoms with Crippen LogP contribution >= 0.6 is 0 Å². The van der Waals surface area contributed by atoms with Gasteiger partial charge in [0.1, 0.15) is 18.1 Å². The average Bonchev–Trinajstić information content (AvgIpc) is 3.00. The molecule has 11 heteroatoms. The molecule has 0 aliphatic heterocycles. The van der Waals surface area contributed by atoms with Crippen LogP contribution in [0.5, 0.6) is 0 Å². The number of rotatable bonds is 16. The number of hydrogen-bond donors (Lipinski definition) is 5. The largest absolute Gasteiger partial charge is 0.480 e. The first kappa shape index (κ1) is 32.6. The predicted molar refractivity (Wildman–Crippen MR) is 163 cm³/mol. The average molecular weight is 587 g/mol. The van der Waals surface area contributed by atoms with Gasteiger partial charge in [0.25, 0.3) is 0 Å². The van der Waals surface area contributed by atoms with Crippen molar-refractivity contribution < 1.29 is 24.3 Å². The second kappa shape index (κ2) is 17.1. The summed E-state index contributed by atoms with van der Waals surface area (Å²) in [6.45, 7) is 1.78. The first-order chi connectivity index (χ1) is 20.7. The number of carbonyl (C=O) groups excluding carboxylic acids is 3. The highest BCUT2D eigenvalue weighted by atomic mass is 16.4. The van der Waals surface area contributed by atoms with E-state index >= 15 is 0 Å². The minimum absolute atomic E-state index is 0.0286. The van der Waals surface area contributed by atoms with E-state index in [1.807, 2.05) is 48.5 Å². The van der Waals surface area contributed by atoms with Crippen LogP contribution in [0.3, 0.4) is 0 Å². The number of amides is 3. The number of carboxylic acids is 1. The molecule has 0 unspecified atom stereocenters. The Balaban J connectivity index is 1.67. The number of carbonyl (C=O) groups is 4. The predicted octanol–water partition coefficient (Wildman–Crippen LogP) is 3.58. The number of carboxylic acid groups (broad SMARTS) is 1. The van der Waals surface area contributed by atoms with Crippen molar-refractivity contribution in [1.29, 1.82) is 0 Å². The van der Waals surface area contributed by atoms with E-state index in [-0.39, 0.29) is 18.7 Å². The van der Waals surface area contributed by atoms with Gasteiger partial charge in [0.05, 0.1) is 17.8 Å². The van der Waals surface area contributed by atoms with E-state index in [1.165, 1.54) is 6.92 Å². The number of azo groups is 1. The van der Waals surface area contributed by atoms with Gasteiger partial charge in [-0.1, -0.05) is 60.7 Å². The van der Waals surface area contributed by atoms with Gasteiger partial charge < -0.3 is 26.8 Å². The molecule has 3 rings (SSSR count). The Bertz CT molecular complexity index is 1370. The lowest BCUT2D eigenvalue weighted by atomic mass is 10.0. The zero-order chi connectivity index (χ0) is 31.0. The van der Waals surface area contributed by atoms with Gasteiger partial charge in [-0.2, -0.15) is 10.2 Å². The summed E-state index contributed by atoms with van der Waals surface area (Å²) < 4.78 is 0. The van der Waals surface area contributed by atoms with Gasteiger partial charge in [0, 0.05) is 6.42 Å². The Labute approximate surface area is 251 Å². The Kier molecular flexibility index (Phi) is 13.0. The van der Waals surface area contributed by atoms with E-state index < -0.39 is 35.9 Å². The van der Waals surface area contributed by atoms with Crippen LogP contribution in [-0.4, -0.2) is 53.5 Å². The normalized spacial score (nSPS) is 13.1. The molecule has 43 heavy (non-hydrogen) atoms. The standard InChI is InChI=1S/C32H38N6O5/c1-22(32(42)43)34-31(41)28(20-23-10-4-2-5-11-23)36-30(40)27(14-8-9-19-33)35-29(39)21-24-15-17-26(18-16-24)38-37-25-12-6-3-7-13-25/h2-7,10-13,15-18,22,27-28H,8-9,14,19-21,33H2,1H3,(H,34,41)(H,35,39)(H,36,40)(H,42,43)/t22-,27+,28-/m0/s1. The summed E-state index contributed by atoms with van der Waals surface area (Å²) >= 11 is 0. The number of nitrogens with one attached hydrogen (secondary N) is 3. The summed E-state index contributed by atoms with van der Waals surface area (Å²) in [6.07, 6.45) is 1.73. The second-order valence-corrected chi connectivity index (χ2v) is 10.1. The molecule has 6 N–H and O–H groups in total. The molecule has 0 aliphatic carbocycles. The van der Waals surface area contributed by atoms with Gasteiger partial charge in [-0.3, -0.25) is 19.2 Å². The number of unbranched alkanes of at least 4 members (excludes halogenated alkanes) is 1. The molecule has 3 aromatic rings. The molecule has 3 atom stereocenters. The molecule has 3 aromatic carbocycles. The van der Waals surface area contributed by atoms with Crippen molar-refractivity contribution in [2.45, 2.75) is 57.2 Å². The molecule has 0 saturated heterocycles. The lowest BCUT2D eigenvalue weighted by Crippen LogP contribution is -2.56. The van der Waals surface area contributed by atoms with Crippen molar-refractivity contribution >= 4 is 35.1 Å². The van der Waals surface area contributed by atoms with Crippen molar-refractivity contribution in [1.82, 2.24) is 16.0 Å². The lowest BCUT2D eigenvalue weighted by molar-refractivity contribution is -0.141. The maximum absolute atomic E-state index is 13.4. The maximum atomic E-state index is 13.4. The van der Waals surface area contributed by atoms with Crippen LogP contribution in [0.25, 0.3) is 0 Å². The van der Waals surface area contributed by atoms with Crippen LogP contribution in [-0.2, 0) is 32.0 Å². The Hall–Kier alpha value is -4.90.